The molecule has 0 saturated carbocycles. The van der Waals surface area contributed by atoms with Crippen molar-refractivity contribution >= 4 is 5.91 Å². The molecule has 1 N–H and O–H groups in total. The molecule has 0 aliphatic carbocycles. The van der Waals surface area contributed by atoms with Gasteiger partial charge in [-0.3, -0.25) is 4.79 Å². The quantitative estimate of drug-likeness (QED) is 0.760. The average molecular weight is 335 g/mol. The molecular formula is C20H21N3O2. The minimum Gasteiger partial charge on any atom is -0.340 e. The normalized spacial score (nSPS) is 12.2. The van der Waals surface area contributed by atoms with E-state index in [0.717, 1.165) is 11.1 Å². The summed E-state index contributed by atoms with van der Waals surface area (Å²) in [5.41, 5.74) is 2.46. The Morgan fingerprint density at radius 1 is 1.04 bits per heavy atom. The highest BCUT2D eigenvalue weighted by molar-refractivity contribution is 5.95. The van der Waals surface area contributed by atoms with Crippen LogP contribution in [0.15, 0.2) is 59.1 Å². The van der Waals surface area contributed by atoms with Crippen molar-refractivity contribution in [1.29, 1.82) is 0 Å². The van der Waals surface area contributed by atoms with Gasteiger partial charge in [0, 0.05) is 11.1 Å². The third-order valence-corrected chi connectivity index (χ3v) is 4.08. The Balaban J connectivity index is 1.84. The van der Waals surface area contributed by atoms with Crippen LogP contribution < -0.4 is 5.32 Å². The van der Waals surface area contributed by atoms with Crippen LogP contribution in [0.2, 0.25) is 0 Å². The summed E-state index contributed by atoms with van der Waals surface area (Å²) in [4.78, 5) is 17.1. The Bertz CT molecular complexity index is 856. The maximum Gasteiger partial charge on any atom is 0.252 e. The predicted octanol–water partition coefficient (Wildman–Crippen LogP) is 4.17. The summed E-state index contributed by atoms with van der Waals surface area (Å²) in [5.74, 6) is 0.899. The van der Waals surface area contributed by atoms with Crippen molar-refractivity contribution in [3.8, 4) is 11.4 Å². The molecule has 0 bridgehead atoms. The second-order valence-corrected chi connectivity index (χ2v) is 6.33. The summed E-state index contributed by atoms with van der Waals surface area (Å²) in [6.07, 6.45) is 0. The second kappa shape index (κ2) is 7.30. The number of amides is 1. The molecule has 0 radical (unpaired) electrons. The second-order valence-electron chi connectivity index (χ2n) is 6.33. The Hall–Kier alpha value is -2.95. The molecule has 3 aromatic rings. The lowest BCUT2D eigenvalue weighted by Gasteiger charge is -2.19. The molecule has 0 spiro atoms. The average Bonchev–Trinajstić information content (AvgIpc) is 3.10. The first kappa shape index (κ1) is 16.9. The monoisotopic (exact) mass is 335 g/mol. The molecule has 5 nitrogen and oxygen atoms in total. The lowest BCUT2D eigenvalue weighted by atomic mass is 10.0. The van der Waals surface area contributed by atoms with E-state index >= 15 is 0 Å². The first-order valence-electron chi connectivity index (χ1n) is 8.32. The molecule has 0 aliphatic rings. The number of carbonyl (C=O) groups excluding carboxylic acids is 1. The Labute approximate surface area is 147 Å². The van der Waals surface area contributed by atoms with Gasteiger partial charge in [-0.05, 0) is 24.5 Å². The van der Waals surface area contributed by atoms with Crippen molar-refractivity contribution in [2.45, 2.75) is 26.8 Å². The lowest BCUT2D eigenvalue weighted by Crippen LogP contribution is -2.32. The number of aromatic nitrogens is 2. The number of rotatable bonds is 5. The fourth-order valence-electron chi connectivity index (χ4n) is 2.63. The largest absolute Gasteiger partial charge is 0.340 e. The fourth-order valence-corrected chi connectivity index (χ4v) is 2.63. The summed E-state index contributed by atoms with van der Waals surface area (Å²) in [6.45, 7) is 5.93. The zero-order chi connectivity index (χ0) is 17.8. The topological polar surface area (TPSA) is 68.0 Å². The fraction of sp³-hybridized carbons (Fsp3) is 0.250. The maximum absolute atomic E-state index is 12.6. The molecule has 1 aromatic heterocycles. The van der Waals surface area contributed by atoms with Gasteiger partial charge in [-0.2, -0.15) is 4.98 Å². The molecule has 25 heavy (non-hydrogen) atoms. The number of hydrogen-bond acceptors (Lipinski definition) is 4. The maximum atomic E-state index is 12.6. The lowest BCUT2D eigenvalue weighted by molar-refractivity contribution is 0.0913. The molecule has 3 rings (SSSR count). The van der Waals surface area contributed by atoms with Crippen molar-refractivity contribution < 1.29 is 9.32 Å². The van der Waals surface area contributed by atoms with E-state index in [0.29, 0.717) is 17.3 Å². The van der Waals surface area contributed by atoms with Crippen LogP contribution in [0.1, 0.15) is 41.7 Å². The van der Waals surface area contributed by atoms with Gasteiger partial charge in [0.05, 0.1) is 0 Å². The molecular weight excluding hydrogens is 314 g/mol. The van der Waals surface area contributed by atoms with Crippen LogP contribution in [0.4, 0.5) is 0 Å². The highest BCUT2D eigenvalue weighted by atomic mass is 16.5. The van der Waals surface area contributed by atoms with Gasteiger partial charge in [0.25, 0.3) is 5.91 Å². The van der Waals surface area contributed by atoms with E-state index in [4.69, 9.17) is 4.52 Å². The third kappa shape index (κ3) is 3.76. The number of benzene rings is 2. The van der Waals surface area contributed by atoms with Gasteiger partial charge >= 0.3 is 0 Å². The molecule has 2 aromatic carbocycles. The SMILES string of the molecule is Cc1ccccc1C(=O)N[C@H](c1nc(-c2ccccc2)no1)C(C)C. The Morgan fingerprint density at radius 2 is 1.72 bits per heavy atom. The van der Waals surface area contributed by atoms with E-state index < -0.39 is 0 Å². The van der Waals surface area contributed by atoms with E-state index in [1.165, 1.54) is 0 Å². The van der Waals surface area contributed by atoms with E-state index in [-0.39, 0.29) is 17.9 Å². The number of carbonyl (C=O) groups is 1. The van der Waals surface area contributed by atoms with Crippen LogP contribution in [-0.4, -0.2) is 16.0 Å². The van der Waals surface area contributed by atoms with E-state index in [2.05, 4.69) is 15.5 Å². The van der Waals surface area contributed by atoms with Gasteiger partial charge in [-0.1, -0.05) is 67.5 Å². The molecule has 0 fully saturated rings. The van der Waals surface area contributed by atoms with Crippen molar-refractivity contribution in [1.82, 2.24) is 15.5 Å². The third-order valence-electron chi connectivity index (χ3n) is 4.08. The number of nitrogens with one attached hydrogen (secondary N) is 1. The first-order chi connectivity index (χ1) is 12.1. The molecule has 0 aliphatic heterocycles. The van der Waals surface area contributed by atoms with Crippen molar-refractivity contribution in [3.05, 3.63) is 71.6 Å². The van der Waals surface area contributed by atoms with E-state index in [1.807, 2.05) is 75.4 Å². The van der Waals surface area contributed by atoms with Gasteiger partial charge in [0.2, 0.25) is 11.7 Å². The summed E-state index contributed by atoms with van der Waals surface area (Å²) < 4.78 is 5.43. The van der Waals surface area contributed by atoms with Gasteiger partial charge in [0.1, 0.15) is 6.04 Å². The van der Waals surface area contributed by atoms with Crippen LogP contribution in [-0.2, 0) is 0 Å². The minimum atomic E-state index is -0.350. The summed E-state index contributed by atoms with van der Waals surface area (Å²) in [6, 6.07) is 16.8. The standard InChI is InChI=1S/C20H21N3O2/c1-13(2)17(21-19(24)16-12-8-7-9-14(16)3)20-22-18(23-25-20)15-10-5-4-6-11-15/h4-13,17H,1-3H3,(H,21,24)/t17-/m0/s1. The van der Waals surface area contributed by atoms with E-state index in [1.54, 1.807) is 0 Å². The molecule has 0 unspecified atom stereocenters. The molecule has 1 heterocycles. The highest BCUT2D eigenvalue weighted by Crippen LogP contribution is 2.24. The zero-order valence-corrected chi connectivity index (χ0v) is 14.6. The Morgan fingerprint density at radius 3 is 2.40 bits per heavy atom. The summed E-state index contributed by atoms with van der Waals surface area (Å²) >= 11 is 0. The summed E-state index contributed by atoms with van der Waals surface area (Å²) in [7, 11) is 0. The van der Waals surface area contributed by atoms with Crippen LogP contribution >= 0.6 is 0 Å². The molecule has 1 atom stereocenters. The van der Waals surface area contributed by atoms with Crippen LogP contribution in [0, 0.1) is 12.8 Å². The van der Waals surface area contributed by atoms with E-state index in [9.17, 15) is 4.79 Å². The first-order valence-corrected chi connectivity index (χ1v) is 8.32. The number of nitrogens with zero attached hydrogens (tertiary/aromatic N) is 2. The van der Waals surface area contributed by atoms with Crippen molar-refractivity contribution in [3.63, 3.8) is 0 Å². The smallest absolute Gasteiger partial charge is 0.252 e. The van der Waals surface area contributed by atoms with Gasteiger partial charge in [-0.25, -0.2) is 0 Å². The molecule has 128 valence electrons. The highest BCUT2D eigenvalue weighted by Gasteiger charge is 2.25. The van der Waals surface area contributed by atoms with Crippen LogP contribution in [0.25, 0.3) is 11.4 Å². The van der Waals surface area contributed by atoms with Crippen molar-refractivity contribution in [2.75, 3.05) is 0 Å². The summed E-state index contributed by atoms with van der Waals surface area (Å²) in [5, 5.41) is 7.07. The van der Waals surface area contributed by atoms with Crippen LogP contribution in [0.3, 0.4) is 0 Å². The molecule has 1 amide bonds. The molecule has 5 heteroatoms. The van der Waals surface area contributed by atoms with Gasteiger partial charge in [0.15, 0.2) is 0 Å². The molecule has 0 saturated heterocycles. The van der Waals surface area contributed by atoms with Gasteiger partial charge in [-0.15, -0.1) is 0 Å². The van der Waals surface area contributed by atoms with Crippen molar-refractivity contribution in [2.24, 2.45) is 5.92 Å². The number of hydrogen-bond donors (Lipinski definition) is 1. The minimum absolute atomic E-state index is 0.108. The zero-order valence-electron chi connectivity index (χ0n) is 14.6. The Kier molecular flexibility index (Phi) is 4.93. The predicted molar refractivity (Wildman–Crippen MR) is 96.0 cm³/mol. The number of aryl methyl sites for hydroxylation is 1. The van der Waals surface area contributed by atoms with Crippen LogP contribution in [0.5, 0.6) is 0 Å². The van der Waals surface area contributed by atoms with Gasteiger partial charge < -0.3 is 9.84 Å².